The van der Waals surface area contributed by atoms with Crippen LogP contribution < -0.4 is 0 Å². The number of rotatable bonds is 3. The van der Waals surface area contributed by atoms with E-state index in [2.05, 4.69) is 15.9 Å². The van der Waals surface area contributed by atoms with E-state index >= 15 is 0 Å². The van der Waals surface area contributed by atoms with E-state index in [9.17, 15) is 9.59 Å². The first-order valence-electron chi connectivity index (χ1n) is 4.18. The van der Waals surface area contributed by atoms with Crippen LogP contribution in [0.4, 0.5) is 0 Å². The van der Waals surface area contributed by atoms with Gasteiger partial charge in [0.1, 0.15) is 5.75 Å². The van der Waals surface area contributed by atoms with Gasteiger partial charge in [0.05, 0.1) is 10.4 Å². The monoisotopic (exact) mass is 272 g/mol. The number of hydrogen-bond donors (Lipinski definition) is 2. The quantitative estimate of drug-likeness (QED) is 0.653. The summed E-state index contributed by atoms with van der Waals surface area (Å²) in [6.07, 6.45) is 0. The standard InChI is InChI=1S/C10H9BrO4/c1-5(11)9(13)7-3-2-6(12)4-8(7)10(14)15/h2-5,12H,1H3,(H,14,15). The molecule has 0 bridgehead atoms. The molecule has 0 fully saturated rings. The first kappa shape index (κ1) is 11.7. The Morgan fingerprint density at radius 2 is 1.93 bits per heavy atom. The van der Waals surface area contributed by atoms with Crippen LogP contribution in [0.2, 0.25) is 0 Å². The van der Waals surface area contributed by atoms with Crippen molar-refractivity contribution in [3.8, 4) is 5.75 Å². The summed E-state index contributed by atoms with van der Waals surface area (Å²) in [5.41, 5.74) is -0.101. The normalized spacial score (nSPS) is 12.1. The Balaban J connectivity index is 3.29. The predicted octanol–water partition coefficient (Wildman–Crippen LogP) is 2.06. The van der Waals surface area contributed by atoms with Crippen LogP contribution in [0.3, 0.4) is 0 Å². The molecule has 5 heteroatoms. The Bertz CT molecular complexity index is 412. The summed E-state index contributed by atoms with van der Waals surface area (Å²) in [6.45, 7) is 1.61. The largest absolute Gasteiger partial charge is 0.508 e. The summed E-state index contributed by atoms with van der Waals surface area (Å²) >= 11 is 3.07. The third kappa shape index (κ3) is 2.56. The number of alkyl halides is 1. The molecular formula is C10H9BrO4. The lowest BCUT2D eigenvalue weighted by molar-refractivity contribution is 0.0691. The van der Waals surface area contributed by atoms with Crippen molar-refractivity contribution in [1.82, 2.24) is 0 Å². The van der Waals surface area contributed by atoms with E-state index in [0.717, 1.165) is 6.07 Å². The number of aromatic carboxylic acids is 1. The zero-order chi connectivity index (χ0) is 11.6. The molecule has 0 heterocycles. The molecule has 0 aliphatic heterocycles. The van der Waals surface area contributed by atoms with Gasteiger partial charge in [-0.2, -0.15) is 0 Å². The maximum atomic E-state index is 11.6. The molecule has 0 aliphatic rings. The molecule has 80 valence electrons. The topological polar surface area (TPSA) is 74.6 Å². The lowest BCUT2D eigenvalue weighted by Gasteiger charge is -2.06. The molecule has 0 spiro atoms. The molecule has 0 saturated heterocycles. The molecule has 0 radical (unpaired) electrons. The molecule has 0 saturated carbocycles. The van der Waals surface area contributed by atoms with Crippen LogP contribution in [0, 0.1) is 0 Å². The summed E-state index contributed by atoms with van der Waals surface area (Å²) in [5.74, 6) is -1.74. The Labute approximate surface area is 94.7 Å². The van der Waals surface area contributed by atoms with Crippen molar-refractivity contribution in [2.75, 3.05) is 0 Å². The highest BCUT2D eigenvalue weighted by molar-refractivity contribution is 9.10. The molecule has 1 unspecified atom stereocenters. The molecule has 2 N–H and O–H groups in total. The third-order valence-corrected chi connectivity index (χ3v) is 2.28. The van der Waals surface area contributed by atoms with Crippen molar-refractivity contribution in [2.45, 2.75) is 11.8 Å². The number of phenolic OH excluding ortho intramolecular Hbond substituents is 1. The molecule has 0 aromatic heterocycles. The Morgan fingerprint density at radius 3 is 2.40 bits per heavy atom. The molecule has 4 nitrogen and oxygen atoms in total. The maximum absolute atomic E-state index is 11.6. The van der Waals surface area contributed by atoms with Gasteiger partial charge in [-0.25, -0.2) is 4.79 Å². The molecule has 1 aromatic rings. The number of hydrogen-bond acceptors (Lipinski definition) is 3. The summed E-state index contributed by atoms with van der Waals surface area (Å²) in [7, 11) is 0. The van der Waals surface area contributed by atoms with Gasteiger partial charge in [0.25, 0.3) is 0 Å². The number of ketones is 1. The van der Waals surface area contributed by atoms with Crippen LogP contribution >= 0.6 is 15.9 Å². The van der Waals surface area contributed by atoms with Crippen molar-refractivity contribution in [1.29, 1.82) is 0 Å². The number of benzene rings is 1. The molecule has 0 aliphatic carbocycles. The van der Waals surface area contributed by atoms with E-state index in [1.54, 1.807) is 6.92 Å². The van der Waals surface area contributed by atoms with Gasteiger partial charge in [0.15, 0.2) is 5.78 Å². The van der Waals surface area contributed by atoms with Crippen LogP contribution in [-0.2, 0) is 0 Å². The van der Waals surface area contributed by atoms with Crippen LogP contribution in [0.15, 0.2) is 18.2 Å². The Hall–Kier alpha value is -1.36. The van der Waals surface area contributed by atoms with Crippen LogP contribution in [-0.4, -0.2) is 26.8 Å². The Kier molecular flexibility index (Phi) is 3.47. The number of carboxylic acid groups (broad SMARTS) is 1. The van der Waals surface area contributed by atoms with Gasteiger partial charge in [0.2, 0.25) is 0 Å². The lowest BCUT2D eigenvalue weighted by Crippen LogP contribution is -2.14. The Morgan fingerprint density at radius 1 is 1.33 bits per heavy atom. The van der Waals surface area contributed by atoms with Gasteiger partial charge in [0, 0.05) is 5.56 Å². The van der Waals surface area contributed by atoms with Crippen molar-refractivity contribution in [3.63, 3.8) is 0 Å². The molecule has 0 amide bonds. The van der Waals surface area contributed by atoms with Gasteiger partial charge in [-0.15, -0.1) is 0 Å². The van der Waals surface area contributed by atoms with Gasteiger partial charge >= 0.3 is 5.97 Å². The third-order valence-electron chi connectivity index (χ3n) is 1.86. The molecule has 15 heavy (non-hydrogen) atoms. The number of carbonyl (C=O) groups is 2. The van der Waals surface area contributed by atoms with E-state index in [0.29, 0.717) is 0 Å². The van der Waals surface area contributed by atoms with Crippen LogP contribution in [0.5, 0.6) is 5.75 Å². The van der Waals surface area contributed by atoms with E-state index in [-0.39, 0.29) is 22.7 Å². The van der Waals surface area contributed by atoms with Crippen molar-refractivity contribution < 1.29 is 19.8 Å². The fourth-order valence-corrected chi connectivity index (χ4v) is 1.38. The molecule has 1 rings (SSSR count). The van der Waals surface area contributed by atoms with Crippen molar-refractivity contribution >= 4 is 27.7 Å². The average molecular weight is 273 g/mol. The highest BCUT2D eigenvalue weighted by Gasteiger charge is 2.19. The molecular weight excluding hydrogens is 264 g/mol. The number of carboxylic acids is 1. The minimum atomic E-state index is -1.23. The number of carbonyl (C=O) groups excluding carboxylic acids is 1. The van der Waals surface area contributed by atoms with Gasteiger partial charge in [-0.1, -0.05) is 15.9 Å². The second-order valence-corrected chi connectivity index (χ2v) is 4.39. The molecule has 1 aromatic carbocycles. The fraction of sp³-hybridized carbons (Fsp3) is 0.200. The van der Waals surface area contributed by atoms with E-state index in [4.69, 9.17) is 10.2 Å². The maximum Gasteiger partial charge on any atom is 0.336 e. The SMILES string of the molecule is CC(Br)C(=O)c1ccc(O)cc1C(=O)O. The van der Waals surface area contributed by atoms with Crippen molar-refractivity contribution in [3.05, 3.63) is 29.3 Å². The van der Waals surface area contributed by atoms with Crippen molar-refractivity contribution in [2.24, 2.45) is 0 Å². The van der Waals surface area contributed by atoms with Gasteiger partial charge in [-0.3, -0.25) is 4.79 Å². The zero-order valence-electron chi connectivity index (χ0n) is 7.90. The highest BCUT2D eigenvalue weighted by atomic mass is 79.9. The van der Waals surface area contributed by atoms with Crippen LogP contribution in [0.1, 0.15) is 27.6 Å². The van der Waals surface area contributed by atoms with Gasteiger partial charge in [-0.05, 0) is 25.1 Å². The first-order chi connectivity index (χ1) is 6.93. The second-order valence-electron chi connectivity index (χ2n) is 3.02. The average Bonchev–Trinajstić information content (AvgIpc) is 2.16. The first-order valence-corrected chi connectivity index (χ1v) is 5.09. The second kappa shape index (κ2) is 4.44. The summed E-state index contributed by atoms with van der Waals surface area (Å²) in [6, 6.07) is 3.65. The summed E-state index contributed by atoms with van der Waals surface area (Å²) < 4.78 is 0. The minimum Gasteiger partial charge on any atom is -0.508 e. The highest BCUT2D eigenvalue weighted by Crippen LogP contribution is 2.20. The lowest BCUT2D eigenvalue weighted by atomic mass is 10.0. The van der Waals surface area contributed by atoms with E-state index in [1.807, 2.05) is 0 Å². The number of aromatic hydroxyl groups is 1. The predicted molar refractivity (Wildman–Crippen MR) is 57.8 cm³/mol. The zero-order valence-corrected chi connectivity index (χ0v) is 9.48. The fourth-order valence-electron chi connectivity index (χ4n) is 1.14. The summed E-state index contributed by atoms with van der Waals surface area (Å²) in [4.78, 5) is 22.0. The van der Waals surface area contributed by atoms with Crippen LogP contribution in [0.25, 0.3) is 0 Å². The number of Topliss-reactive ketones (excluding diaryl/α,β-unsaturated/α-hetero) is 1. The number of halogens is 1. The minimum absolute atomic E-state index is 0.0877. The number of phenols is 1. The van der Waals surface area contributed by atoms with Gasteiger partial charge < -0.3 is 10.2 Å². The van der Waals surface area contributed by atoms with E-state index < -0.39 is 10.8 Å². The van der Waals surface area contributed by atoms with E-state index in [1.165, 1.54) is 12.1 Å². The molecule has 1 atom stereocenters. The summed E-state index contributed by atoms with van der Waals surface area (Å²) in [5, 5.41) is 18.0. The smallest absolute Gasteiger partial charge is 0.336 e.